The van der Waals surface area contributed by atoms with Crippen molar-refractivity contribution >= 4 is 35.8 Å². The third-order valence-electron chi connectivity index (χ3n) is 14.5. The highest BCUT2D eigenvalue weighted by molar-refractivity contribution is 5.94. The van der Waals surface area contributed by atoms with E-state index in [-0.39, 0.29) is 45.9 Å². The fourth-order valence-corrected chi connectivity index (χ4v) is 9.42. The third kappa shape index (κ3) is 32.6. The number of carbonyl (C=O) groups is 6. The summed E-state index contributed by atoms with van der Waals surface area (Å²) in [5.41, 5.74) is 0.619. The van der Waals surface area contributed by atoms with Crippen LogP contribution in [0.5, 0.6) is 34.5 Å². The second-order valence-corrected chi connectivity index (χ2v) is 21.7. The molecule has 474 valence electrons. The van der Waals surface area contributed by atoms with Crippen LogP contribution in [-0.2, 0) is 28.6 Å². The minimum absolute atomic E-state index is 0.0110. The van der Waals surface area contributed by atoms with Crippen LogP contribution in [0, 0.1) is 0 Å². The minimum atomic E-state index is -0.838. The molecule has 0 spiro atoms. The Morgan fingerprint density at radius 1 is 0.356 bits per heavy atom. The lowest BCUT2D eigenvalue weighted by atomic mass is 10.1. The van der Waals surface area contributed by atoms with Gasteiger partial charge in [0.25, 0.3) is 0 Å². The van der Waals surface area contributed by atoms with E-state index >= 15 is 0 Å². The lowest BCUT2D eigenvalue weighted by Gasteiger charge is -2.19. The Balaban J connectivity index is 1.30. The number of unbranched alkanes of at least 4 members (excludes halogenated alkanes) is 26. The van der Waals surface area contributed by atoms with E-state index in [1.165, 1.54) is 126 Å². The van der Waals surface area contributed by atoms with Gasteiger partial charge < -0.3 is 42.6 Å². The molecule has 0 aliphatic carbocycles. The standard InChI is InChI=1S/C72H96O15/c1-5-9-10-11-12-17-22-27-32-37-69(87-68(75)8-4)83-62-48-42-57(43-49-62)70(76)84-63-50-51-64(85-71(77)58-38-44-60(45-39-58)79-52-33-28-23-18-13-15-20-25-30-35-54-81-66(73)6-2)65(56-63)86-72(78)59-40-46-61(47-41-59)80-53-34-29-24-19-14-16-21-26-31-36-55-82-67(74)7-3/h6-8,38-51,56,69H,2-5,9-37,52-55H2,1H3. The van der Waals surface area contributed by atoms with E-state index in [9.17, 15) is 28.8 Å². The number of carbonyl (C=O) groups excluding carboxylic acids is 6. The first-order chi connectivity index (χ1) is 42.5. The second-order valence-electron chi connectivity index (χ2n) is 21.7. The molecule has 0 N–H and O–H groups in total. The number of hydrogen-bond acceptors (Lipinski definition) is 15. The van der Waals surface area contributed by atoms with Crippen LogP contribution in [0.1, 0.15) is 231 Å². The number of esters is 6. The topological polar surface area (TPSA) is 185 Å². The summed E-state index contributed by atoms with van der Waals surface area (Å²) in [5, 5.41) is 0. The molecule has 0 heterocycles. The lowest BCUT2D eigenvalue weighted by molar-refractivity contribution is -0.158. The zero-order chi connectivity index (χ0) is 62.4. The molecule has 15 nitrogen and oxygen atoms in total. The number of rotatable bonds is 50. The Kier molecular flexibility index (Phi) is 37.6. The number of ether oxygens (including phenoxy) is 9. The molecule has 0 aliphatic heterocycles. The Labute approximate surface area is 517 Å². The van der Waals surface area contributed by atoms with E-state index < -0.39 is 30.2 Å². The molecule has 4 aromatic carbocycles. The van der Waals surface area contributed by atoms with Crippen molar-refractivity contribution in [2.75, 3.05) is 26.4 Å². The van der Waals surface area contributed by atoms with Crippen LogP contribution in [0.25, 0.3) is 0 Å². The predicted molar refractivity (Wildman–Crippen MR) is 339 cm³/mol. The van der Waals surface area contributed by atoms with Crippen LogP contribution in [0.15, 0.2) is 129 Å². The summed E-state index contributed by atoms with van der Waals surface area (Å²) in [6.45, 7) is 14.5. The van der Waals surface area contributed by atoms with Crippen molar-refractivity contribution in [3.05, 3.63) is 146 Å². The SMILES string of the molecule is C=CC(=O)OCCCCCCCCCCCCOc1ccc(C(=O)Oc2ccc(OC(=O)c3ccc(OC(CCCCCCCCCCC)OC(=O)C=C)cc3)cc2OC(=O)c2ccc(OCCCCCCCCCCCCOC(=O)C=C)cc2)cc1. The molecule has 0 bridgehead atoms. The molecule has 0 aromatic heterocycles. The van der Waals surface area contributed by atoms with Gasteiger partial charge in [0.05, 0.1) is 43.1 Å². The molecule has 0 saturated heterocycles. The van der Waals surface area contributed by atoms with Gasteiger partial charge in [-0.1, -0.05) is 181 Å². The molecule has 1 unspecified atom stereocenters. The van der Waals surface area contributed by atoms with Gasteiger partial charge in [0.1, 0.15) is 23.0 Å². The molecule has 0 aliphatic rings. The lowest BCUT2D eigenvalue weighted by Crippen LogP contribution is -2.23. The Morgan fingerprint density at radius 3 is 1.09 bits per heavy atom. The van der Waals surface area contributed by atoms with E-state index in [0.717, 1.165) is 109 Å². The van der Waals surface area contributed by atoms with Crippen molar-refractivity contribution in [1.29, 1.82) is 0 Å². The molecule has 0 fully saturated rings. The van der Waals surface area contributed by atoms with Crippen LogP contribution in [0.2, 0.25) is 0 Å². The molecule has 0 radical (unpaired) electrons. The maximum absolute atomic E-state index is 13.7. The summed E-state index contributed by atoms with van der Waals surface area (Å²) >= 11 is 0. The van der Waals surface area contributed by atoms with Gasteiger partial charge in [-0.05, 0) is 117 Å². The van der Waals surface area contributed by atoms with Gasteiger partial charge in [-0.3, -0.25) is 0 Å². The summed E-state index contributed by atoms with van der Waals surface area (Å²) in [6, 6.07) is 23.5. The fraction of sp³-hybridized carbons (Fsp3) is 0.500. The average Bonchev–Trinajstić information content (AvgIpc) is 3.15. The van der Waals surface area contributed by atoms with Gasteiger partial charge in [-0.25, -0.2) is 28.8 Å². The first kappa shape index (κ1) is 71.8. The minimum Gasteiger partial charge on any atom is -0.494 e. The zero-order valence-electron chi connectivity index (χ0n) is 51.8. The second kappa shape index (κ2) is 45.6. The summed E-state index contributed by atoms with van der Waals surface area (Å²) in [6.07, 6.45) is 35.1. The largest absolute Gasteiger partial charge is 0.494 e. The van der Waals surface area contributed by atoms with Crippen LogP contribution >= 0.6 is 0 Å². The highest BCUT2D eigenvalue weighted by atomic mass is 16.7. The molecule has 0 amide bonds. The Morgan fingerprint density at radius 2 is 0.690 bits per heavy atom. The summed E-state index contributed by atoms with van der Waals surface area (Å²) in [7, 11) is 0. The highest BCUT2D eigenvalue weighted by Gasteiger charge is 2.21. The van der Waals surface area contributed by atoms with Crippen molar-refractivity contribution < 1.29 is 71.4 Å². The van der Waals surface area contributed by atoms with Crippen molar-refractivity contribution in [2.45, 2.75) is 206 Å². The zero-order valence-corrected chi connectivity index (χ0v) is 51.8. The Hall–Kier alpha value is -7.68. The van der Waals surface area contributed by atoms with Gasteiger partial charge in [0.15, 0.2) is 11.5 Å². The summed E-state index contributed by atoms with van der Waals surface area (Å²) in [4.78, 5) is 75.3. The molecular formula is C72H96O15. The molecule has 15 heteroatoms. The van der Waals surface area contributed by atoms with Gasteiger partial charge >= 0.3 is 35.8 Å². The molecule has 87 heavy (non-hydrogen) atoms. The monoisotopic (exact) mass is 1200 g/mol. The van der Waals surface area contributed by atoms with Gasteiger partial charge in [0.2, 0.25) is 6.29 Å². The molecule has 0 saturated carbocycles. The van der Waals surface area contributed by atoms with E-state index in [1.807, 2.05) is 0 Å². The molecular weight excluding hydrogens is 1100 g/mol. The average molecular weight is 1200 g/mol. The number of benzene rings is 4. The third-order valence-corrected chi connectivity index (χ3v) is 14.5. The van der Waals surface area contributed by atoms with E-state index in [0.29, 0.717) is 50.1 Å². The van der Waals surface area contributed by atoms with Crippen LogP contribution in [-0.4, -0.2) is 68.5 Å². The van der Waals surface area contributed by atoms with Crippen molar-refractivity contribution in [3.8, 4) is 34.5 Å². The molecule has 1 atom stereocenters. The molecule has 4 rings (SSSR count). The smallest absolute Gasteiger partial charge is 0.343 e. The van der Waals surface area contributed by atoms with Crippen molar-refractivity contribution in [1.82, 2.24) is 0 Å². The summed E-state index contributed by atoms with van der Waals surface area (Å²) in [5.74, 6) is -2.17. The van der Waals surface area contributed by atoms with Gasteiger partial charge in [-0.2, -0.15) is 0 Å². The normalized spacial score (nSPS) is 11.1. The Bertz CT molecular complexity index is 2620. The van der Waals surface area contributed by atoms with E-state index in [2.05, 4.69) is 26.7 Å². The quantitative estimate of drug-likeness (QED) is 0.0101. The van der Waals surface area contributed by atoms with Gasteiger partial charge in [0, 0.05) is 30.7 Å². The van der Waals surface area contributed by atoms with E-state index in [1.54, 1.807) is 60.7 Å². The number of hydrogen-bond donors (Lipinski definition) is 0. The van der Waals surface area contributed by atoms with Gasteiger partial charge in [-0.15, -0.1) is 0 Å². The van der Waals surface area contributed by atoms with Crippen LogP contribution in [0.4, 0.5) is 0 Å². The highest BCUT2D eigenvalue weighted by Crippen LogP contribution is 2.34. The maximum atomic E-state index is 13.7. The maximum Gasteiger partial charge on any atom is 0.343 e. The summed E-state index contributed by atoms with van der Waals surface area (Å²) < 4.78 is 51.0. The first-order valence-corrected chi connectivity index (χ1v) is 32.0. The predicted octanol–water partition coefficient (Wildman–Crippen LogP) is 17.7. The first-order valence-electron chi connectivity index (χ1n) is 32.0. The molecule has 4 aromatic rings. The van der Waals surface area contributed by atoms with Crippen LogP contribution < -0.4 is 28.4 Å². The van der Waals surface area contributed by atoms with Crippen LogP contribution in [0.3, 0.4) is 0 Å². The van der Waals surface area contributed by atoms with Crippen molar-refractivity contribution in [3.63, 3.8) is 0 Å². The van der Waals surface area contributed by atoms with Crippen molar-refractivity contribution in [2.24, 2.45) is 0 Å². The van der Waals surface area contributed by atoms with E-state index in [4.69, 9.17) is 42.6 Å². The fourth-order valence-electron chi connectivity index (χ4n) is 9.42.